The first-order valence-corrected chi connectivity index (χ1v) is 8.55. The smallest absolute Gasteiger partial charge is 0.276 e. The van der Waals surface area contributed by atoms with Crippen molar-refractivity contribution in [3.63, 3.8) is 0 Å². The number of carbonyl (C=O) groups excluding carboxylic acids is 1. The molecule has 0 spiro atoms. The molecule has 26 heavy (non-hydrogen) atoms. The van der Waals surface area contributed by atoms with Crippen molar-refractivity contribution in [1.29, 1.82) is 0 Å². The molecule has 1 N–H and O–H groups in total. The Balaban J connectivity index is 1.52. The number of fused-ring (bicyclic) bond motifs is 1. The van der Waals surface area contributed by atoms with Crippen LogP contribution in [0.3, 0.4) is 0 Å². The van der Waals surface area contributed by atoms with E-state index in [0.29, 0.717) is 31.0 Å². The third kappa shape index (κ3) is 3.06. The van der Waals surface area contributed by atoms with E-state index in [4.69, 9.17) is 0 Å². The first kappa shape index (κ1) is 16.3. The van der Waals surface area contributed by atoms with Crippen molar-refractivity contribution < 1.29 is 9.18 Å². The molecule has 0 atom stereocenters. The van der Waals surface area contributed by atoms with Gasteiger partial charge in [0.25, 0.3) is 5.91 Å². The van der Waals surface area contributed by atoms with E-state index >= 15 is 0 Å². The van der Waals surface area contributed by atoms with E-state index in [1.807, 2.05) is 37.3 Å². The fourth-order valence-electron chi connectivity index (χ4n) is 3.16. The predicted molar refractivity (Wildman–Crippen MR) is 98.8 cm³/mol. The van der Waals surface area contributed by atoms with E-state index in [9.17, 15) is 9.18 Å². The van der Waals surface area contributed by atoms with Crippen LogP contribution in [-0.2, 0) is 13.1 Å². The first-order valence-electron chi connectivity index (χ1n) is 8.55. The summed E-state index contributed by atoms with van der Waals surface area (Å²) in [7, 11) is 0. The number of para-hydroxylation sites is 1. The summed E-state index contributed by atoms with van der Waals surface area (Å²) in [5.74, 6) is -0.426. The molecule has 0 radical (unpaired) electrons. The maximum Gasteiger partial charge on any atom is 0.276 e. The number of benzene rings is 2. The number of aromatic nitrogens is 2. The van der Waals surface area contributed by atoms with Gasteiger partial charge in [-0.15, -0.1) is 0 Å². The molecule has 0 bridgehead atoms. The van der Waals surface area contributed by atoms with Crippen LogP contribution in [0, 0.1) is 12.7 Å². The van der Waals surface area contributed by atoms with Gasteiger partial charge < -0.3 is 10.2 Å². The Labute approximate surface area is 151 Å². The minimum atomic E-state index is -0.312. The number of carbonyl (C=O) groups is 1. The number of nitrogens with one attached hydrogen (secondary N) is 1. The fraction of sp³-hybridized carbons (Fsp3) is 0.200. The Bertz CT molecular complexity index is 949. The third-order valence-electron chi connectivity index (χ3n) is 4.57. The molecular weight excluding hydrogens is 331 g/mol. The normalized spacial score (nSPS) is 13.6. The molecule has 1 amide bonds. The molecule has 0 fully saturated rings. The highest BCUT2D eigenvalue weighted by Gasteiger charge is 2.27. The van der Waals surface area contributed by atoms with E-state index in [0.717, 1.165) is 16.9 Å². The Morgan fingerprint density at radius 2 is 1.88 bits per heavy atom. The highest BCUT2D eigenvalue weighted by molar-refractivity contribution is 6.05. The highest BCUT2D eigenvalue weighted by Crippen LogP contribution is 2.22. The second-order valence-corrected chi connectivity index (χ2v) is 6.35. The number of aryl methyl sites for hydroxylation is 1. The van der Waals surface area contributed by atoms with Gasteiger partial charge in [0.2, 0.25) is 0 Å². The molecule has 0 aliphatic carbocycles. The van der Waals surface area contributed by atoms with Gasteiger partial charge in [-0.2, -0.15) is 5.10 Å². The van der Waals surface area contributed by atoms with Crippen molar-refractivity contribution in [2.24, 2.45) is 0 Å². The molecule has 0 saturated carbocycles. The molecule has 2 aromatic carbocycles. The van der Waals surface area contributed by atoms with E-state index in [1.54, 1.807) is 21.7 Å². The van der Waals surface area contributed by atoms with E-state index in [-0.39, 0.29) is 11.7 Å². The Hall–Kier alpha value is -3.15. The lowest BCUT2D eigenvalue weighted by Crippen LogP contribution is -2.40. The lowest BCUT2D eigenvalue weighted by molar-refractivity contribution is 0.0962. The van der Waals surface area contributed by atoms with Crippen molar-refractivity contribution in [3.05, 3.63) is 77.4 Å². The summed E-state index contributed by atoms with van der Waals surface area (Å²) < 4.78 is 14.9. The van der Waals surface area contributed by atoms with Gasteiger partial charge in [0, 0.05) is 17.9 Å². The lowest BCUT2D eigenvalue weighted by atomic mass is 10.2. The molecule has 1 aromatic heterocycles. The van der Waals surface area contributed by atoms with Gasteiger partial charge in [0.1, 0.15) is 11.5 Å². The molecule has 4 rings (SSSR count). The molecular formula is C20H19FN4O. The summed E-state index contributed by atoms with van der Waals surface area (Å²) in [6.45, 7) is 3.73. The summed E-state index contributed by atoms with van der Waals surface area (Å²) in [5.41, 5.74) is 4.29. The molecule has 6 heteroatoms. The molecule has 1 aliphatic heterocycles. The number of hydrogen-bond donors (Lipinski definition) is 1. The van der Waals surface area contributed by atoms with Crippen LogP contribution in [0.15, 0.2) is 54.6 Å². The minimum absolute atomic E-state index is 0.113. The highest BCUT2D eigenvalue weighted by atomic mass is 19.1. The van der Waals surface area contributed by atoms with Gasteiger partial charge in [0.15, 0.2) is 0 Å². The van der Waals surface area contributed by atoms with Crippen LogP contribution in [-0.4, -0.2) is 22.2 Å². The number of halogens is 1. The van der Waals surface area contributed by atoms with E-state index in [2.05, 4.69) is 10.4 Å². The number of amides is 1. The Morgan fingerprint density at radius 1 is 1.12 bits per heavy atom. The van der Waals surface area contributed by atoms with Crippen LogP contribution in [0.5, 0.6) is 0 Å². The van der Waals surface area contributed by atoms with Gasteiger partial charge in [-0.1, -0.05) is 18.2 Å². The largest absolute Gasteiger partial charge is 0.379 e. The monoisotopic (exact) mass is 350 g/mol. The van der Waals surface area contributed by atoms with Gasteiger partial charge in [-0.3, -0.25) is 9.48 Å². The molecule has 0 unspecified atom stereocenters. The third-order valence-corrected chi connectivity index (χ3v) is 4.57. The second kappa shape index (κ2) is 6.63. The van der Waals surface area contributed by atoms with Crippen molar-refractivity contribution >= 4 is 17.3 Å². The predicted octanol–water partition coefficient (Wildman–Crippen LogP) is 3.60. The standard InChI is InChI=1S/C20H19FN4O/c1-14-4-2-3-5-18(14)22-13-16-12-19-20(26)24(10-11-25(19)23-16)17-8-6-15(21)7-9-17/h2-9,12,22H,10-11,13H2,1H3. The van der Waals surface area contributed by atoms with Crippen LogP contribution < -0.4 is 10.2 Å². The van der Waals surface area contributed by atoms with Crippen molar-refractivity contribution in [3.8, 4) is 0 Å². The number of anilines is 2. The average Bonchev–Trinajstić information content (AvgIpc) is 3.06. The summed E-state index contributed by atoms with van der Waals surface area (Å²) >= 11 is 0. The summed E-state index contributed by atoms with van der Waals surface area (Å²) in [5, 5.41) is 7.89. The molecule has 132 valence electrons. The Morgan fingerprint density at radius 3 is 2.65 bits per heavy atom. The maximum absolute atomic E-state index is 13.1. The van der Waals surface area contributed by atoms with Gasteiger partial charge >= 0.3 is 0 Å². The minimum Gasteiger partial charge on any atom is -0.379 e. The van der Waals surface area contributed by atoms with Gasteiger partial charge in [0.05, 0.1) is 18.8 Å². The zero-order valence-corrected chi connectivity index (χ0v) is 14.4. The zero-order chi connectivity index (χ0) is 18.1. The number of nitrogens with zero attached hydrogens (tertiary/aromatic N) is 3. The van der Waals surface area contributed by atoms with Crippen LogP contribution in [0.2, 0.25) is 0 Å². The number of rotatable bonds is 4. The van der Waals surface area contributed by atoms with Crippen molar-refractivity contribution in [2.45, 2.75) is 20.0 Å². The van der Waals surface area contributed by atoms with Crippen LogP contribution in [0.25, 0.3) is 0 Å². The zero-order valence-electron chi connectivity index (χ0n) is 14.4. The summed E-state index contributed by atoms with van der Waals surface area (Å²) in [4.78, 5) is 14.5. The molecule has 0 saturated heterocycles. The molecule has 1 aliphatic rings. The van der Waals surface area contributed by atoms with Crippen LogP contribution in [0.1, 0.15) is 21.7 Å². The average molecular weight is 350 g/mol. The summed E-state index contributed by atoms with van der Waals surface area (Å²) in [6.07, 6.45) is 0. The second-order valence-electron chi connectivity index (χ2n) is 6.35. The van der Waals surface area contributed by atoms with E-state index < -0.39 is 0 Å². The van der Waals surface area contributed by atoms with E-state index in [1.165, 1.54) is 12.1 Å². The van der Waals surface area contributed by atoms with Crippen molar-refractivity contribution in [2.75, 3.05) is 16.8 Å². The topological polar surface area (TPSA) is 50.2 Å². The van der Waals surface area contributed by atoms with Crippen LogP contribution >= 0.6 is 0 Å². The summed E-state index contributed by atoms with van der Waals surface area (Å²) in [6, 6.07) is 15.9. The molecule has 2 heterocycles. The molecule has 3 aromatic rings. The maximum atomic E-state index is 13.1. The van der Waals surface area contributed by atoms with Gasteiger partial charge in [-0.05, 0) is 48.9 Å². The molecule has 5 nitrogen and oxygen atoms in total. The Kier molecular flexibility index (Phi) is 4.16. The fourth-order valence-corrected chi connectivity index (χ4v) is 3.16. The number of hydrogen-bond acceptors (Lipinski definition) is 3. The van der Waals surface area contributed by atoms with Gasteiger partial charge in [-0.25, -0.2) is 4.39 Å². The lowest BCUT2D eigenvalue weighted by Gasteiger charge is -2.27. The van der Waals surface area contributed by atoms with Crippen molar-refractivity contribution in [1.82, 2.24) is 9.78 Å². The quantitative estimate of drug-likeness (QED) is 0.782. The SMILES string of the molecule is Cc1ccccc1NCc1cc2n(n1)CCN(c1ccc(F)cc1)C2=O. The van der Waals surface area contributed by atoms with Crippen LogP contribution in [0.4, 0.5) is 15.8 Å². The first-order chi connectivity index (χ1) is 12.6.